The Morgan fingerprint density at radius 2 is 1.79 bits per heavy atom. The van der Waals surface area contributed by atoms with Crippen molar-refractivity contribution in [3.8, 4) is 11.1 Å². The molecule has 2 aromatic rings. The standard InChI is InChI=1S/C21H22BNO6/c22-20-9-18(19(10-24)29-20)27-12-28-23-21(25)26-11-17-15-7-3-1-5-13(15)14-6-2-4-8-16(14)17/h1-8,17-20,24H,9-12H2,(H,23,25)/t18-,19-,20-/m1/s1. The van der Waals surface area contributed by atoms with Crippen LogP contribution in [0.4, 0.5) is 4.79 Å². The first-order valence-corrected chi connectivity index (χ1v) is 9.53. The topological polar surface area (TPSA) is 86.3 Å². The van der Waals surface area contributed by atoms with Gasteiger partial charge in [-0.25, -0.2) is 9.63 Å². The molecule has 0 aromatic heterocycles. The first kappa shape index (κ1) is 19.9. The van der Waals surface area contributed by atoms with Gasteiger partial charge in [0.05, 0.1) is 12.7 Å². The van der Waals surface area contributed by atoms with Gasteiger partial charge in [-0.15, -0.1) is 0 Å². The molecule has 150 valence electrons. The summed E-state index contributed by atoms with van der Waals surface area (Å²) < 4.78 is 16.1. The number of aliphatic hydroxyl groups is 1. The highest BCUT2D eigenvalue weighted by Gasteiger charge is 2.33. The Morgan fingerprint density at radius 3 is 2.45 bits per heavy atom. The molecule has 0 spiro atoms. The Hall–Kier alpha value is -2.39. The van der Waals surface area contributed by atoms with Gasteiger partial charge in [-0.05, 0) is 28.7 Å². The van der Waals surface area contributed by atoms with E-state index in [0.717, 1.165) is 22.3 Å². The predicted molar refractivity (Wildman–Crippen MR) is 105 cm³/mol. The average molecular weight is 395 g/mol. The Bertz CT molecular complexity index is 817. The molecular formula is C21H22BNO6. The molecule has 2 aliphatic rings. The summed E-state index contributed by atoms with van der Waals surface area (Å²) in [5, 5.41) is 9.22. The van der Waals surface area contributed by atoms with E-state index in [-0.39, 0.29) is 32.0 Å². The molecule has 1 heterocycles. The number of amides is 1. The van der Waals surface area contributed by atoms with Crippen molar-refractivity contribution in [3.63, 3.8) is 0 Å². The van der Waals surface area contributed by atoms with Crippen LogP contribution in [0.5, 0.6) is 0 Å². The van der Waals surface area contributed by atoms with Gasteiger partial charge in [-0.3, -0.25) is 0 Å². The van der Waals surface area contributed by atoms with Gasteiger partial charge in [0, 0.05) is 11.9 Å². The summed E-state index contributed by atoms with van der Waals surface area (Å²) in [5.74, 6) is -0.0214. The quantitative estimate of drug-likeness (QED) is 0.323. The second-order valence-electron chi connectivity index (χ2n) is 7.03. The van der Waals surface area contributed by atoms with E-state index in [9.17, 15) is 9.90 Å². The third-order valence-electron chi connectivity index (χ3n) is 5.25. The number of carbonyl (C=O) groups excluding carboxylic acids is 1. The second kappa shape index (κ2) is 8.96. The molecule has 4 rings (SSSR count). The van der Waals surface area contributed by atoms with E-state index in [1.807, 2.05) is 24.3 Å². The fraction of sp³-hybridized carbons (Fsp3) is 0.381. The maximum atomic E-state index is 12.0. The fourth-order valence-electron chi connectivity index (χ4n) is 3.92. The minimum absolute atomic E-state index is 0.0214. The molecule has 8 heteroatoms. The molecule has 3 atom stereocenters. The van der Waals surface area contributed by atoms with E-state index in [4.69, 9.17) is 26.9 Å². The van der Waals surface area contributed by atoms with Gasteiger partial charge in [0.2, 0.25) is 0 Å². The summed E-state index contributed by atoms with van der Waals surface area (Å²) in [6.07, 6.45) is -1.14. The second-order valence-corrected chi connectivity index (χ2v) is 7.03. The number of fused-ring (bicyclic) bond motifs is 3. The molecule has 1 aliphatic carbocycles. The van der Waals surface area contributed by atoms with Crippen molar-refractivity contribution < 1.29 is 28.9 Å². The SMILES string of the molecule is [B][C@H]1C[C@@H](OCONC(=O)OCC2c3ccccc3-c3ccccc32)[C@@H](CO)O1. The van der Waals surface area contributed by atoms with E-state index in [1.165, 1.54) is 0 Å². The lowest BCUT2D eigenvalue weighted by molar-refractivity contribution is -0.137. The monoisotopic (exact) mass is 395 g/mol. The van der Waals surface area contributed by atoms with Crippen LogP contribution in [0, 0.1) is 0 Å². The molecule has 1 amide bonds. The van der Waals surface area contributed by atoms with Crippen LogP contribution in [0.25, 0.3) is 11.1 Å². The van der Waals surface area contributed by atoms with E-state index in [0.29, 0.717) is 6.42 Å². The maximum absolute atomic E-state index is 12.0. The highest BCUT2D eigenvalue weighted by molar-refractivity contribution is 6.11. The van der Waals surface area contributed by atoms with Crippen LogP contribution >= 0.6 is 0 Å². The van der Waals surface area contributed by atoms with E-state index in [1.54, 1.807) is 0 Å². The predicted octanol–water partition coefficient (Wildman–Crippen LogP) is 2.08. The van der Waals surface area contributed by atoms with Gasteiger partial charge in [-0.2, -0.15) is 5.48 Å². The number of ether oxygens (including phenoxy) is 3. The van der Waals surface area contributed by atoms with Crippen molar-refractivity contribution >= 4 is 13.9 Å². The fourth-order valence-corrected chi connectivity index (χ4v) is 3.92. The summed E-state index contributed by atoms with van der Waals surface area (Å²) in [7, 11) is 5.67. The van der Waals surface area contributed by atoms with Crippen molar-refractivity contribution in [2.75, 3.05) is 20.0 Å². The normalized spacial score (nSPS) is 22.9. The summed E-state index contributed by atoms with van der Waals surface area (Å²) in [5.41, 5.74) is 6.80. The van der Waals surface area contributed by atoms with Crippen molar-refractivity contribution in [2.24, 2.45) is 0 Å². The molecule has 0 bridgehead atoms. The van der Waals surface area contributed by atoms with Crippen LogP contribution in [0.1, 0.15) is 23.5 Å². The lowest BCUT2D eigenvalue weighted by atomic mass is 9.96. The summed E-state index contributed by atoms with van der Waals surface area (Å²) in [6, 6.07) is 15.8. The van der Waals surface area contributed by atoms with Crippen LogP contribution in [-0.4, -0.2) is 57.3 Å². The number of benzene rings is 2. The van der Waals surface area contributed by atoms with Gasteiger partial charge in [-0.1, -0.05) is 48.5 Å². The zero-order valence-electron chi connectivity index (χ0n) is 15.8. The molecule has 1 saturated heterocycles. The van der Waals surface area contributed by atoms with Crippen LogP contribution in [0.2, 0.25) is 0 Å². The van der Waals surface area contributed by atoms with Crippen molar-refractivity contribution in [3.05, 3.63) is 59.7 Å². The van der Waals surface area contributed by atoms with E-state index in [2.05, 4.69) is 29.7 Å². The lowest BCUT2D eigenvalue weighted by Gasteiger charge is -2.17. The van der Waals surface area contributed by atoms with Gasteiger partial charge in [0.25, 0.3) is 0 Å². The molecule has 1 fully saturated rings. The molecule has 2 aromatic carbocycles. The summed E-state index contributed by atoms with van der Waals surface area (Å²) >= 11 is 0. The Labute approximate surface area is 170 Å². The van der Waals surface area contributed by atoms with Gasteiger partial charge >= 0.3 is 6.09 Å². The first-order valence-electron chi connectivity index (χ1n) is 9.53. The van der Waals surface area contributed by atoms with Gasteiger partial charge in [0.15, 0.2) is 6.79 Å². The Morgan fingerprint density at radius 1 is 1.14 bits per heavy atom. The lowest BCUT2D eigenvalue weighted by Crippen LogP contribution is -2.32. The highest BCUT2D eigenvalue weighted by Crippen LogP contribution is 2.44. The number of rotatable bonds is 7. The molecule has 1 aliphatic heterocycles. The number of aliphatic hydroxyl groups excluding tert-OH is 1. The molecule has 0 saturated carbocycles. The van der Waals surface area contributed by atoms with Crippen LogP contribution in [0.15, 0.2) is 48.5 Å². The number of nitrogens with one attached hydrogen (secondary N) is 1. The molecule has 2 radical (unpaired) electrons. The van der Waals surface area contributed by atoms with E-state index < -0.39 is 18.2 Å². The highest BCUT2D eigenvalue weighted by atomic mass is 16.8. The zero-order valence-corrected chi connectivity index (χ0v) is 15.8. The molecule has 7 nitrogen and oxygen atoms in total. The minimum Gasteiger partial charge on any atom is -0.447 e. The van der Waals surface area contributed by atoms with Crippen molar-refractivity contribution in [1.82, 2.24) is 5.48 Å². The zero-order chi connectivity index (χ0) is 20.2. The summed E-state index contributed by atoms with van der Waals surface area (Å²) in [6.45, 7) is -0.207. The van der Waals surface area contributed by atoms with Gasteiger partial charge < -0.3 is 19.3 Å². The Kier molecular flexibility index (Phi) is 6.15. The maximum Gasteiger partial charge on any atom is 0.431 e. The van der Waals surface area contributed by atoms with Crippen molar-refractivity contribution in [1.29, 1.82) is 0 Å². The number of hydrogen-bond acceptors (Lipinski definition) is 6. The smallest absolute Gasteiger partial charge is 0.431 e. The third-order valence-corrected chi connectivity index (χ3v) is 5.25. The molecular weight excluding hydrogens is 373 g/mol. The number of hydrogen-bond donors (Lipinski definition) is 2. The van der Waals surface area contributed by atoms with Crippen LogP contribution in [0.3, 0.4) is 0 Å². The first-order chi connectivity index (χ1) is 14.2. The molecule has 0 unspecified atom stereocenters. The summed E-state index contributed by atoms with van der Waals surface area (Å²) in [4.78, 5) is 17.0. The third kappa shape index (κ3) is 4.30. The molecule has 29 heavy (non-hydrogen) atoms. The molecule has 2 N–H and O–H groups in total. The average Bonchev–Trinajstić information content (AvgIpc) is 3.27. The number of carbonyl (C=O) groups is 1. The Balaban J connectivity index is 1.25. The van der Waals surface area contributed by atoms with E-state index >= 15 is 0 Å². The number of hydroxylamine groups is 1. The minimum atomic E-state index is -0.700. The van der Waals surface area contributed by atoms with Gasteiger partial charge in [0.1, 0.15) is 20.6 Å². The van der Waals surface area contributed by atoms with Crippen LogP contribution in [-0.2, 0) is 19.0 Å². The largest absolute Gasteiger partial charge is 0.447 e. The van der Waals surface area contributed by atoms with Crippen LogP contribution < -0.4 is 5.48 Å². The van der Waals surface area contributed by atoms with Crippen molar-refractivity contribution in [2.45, 2.75) is 30.5 Å².